The molecule has 2 unspecified atom stereocenters. The minimum Gasteiger partial charge on any atom is -0.372 e. The first kappa shape index (κ1) is 21.8. The Balaban J connectivity index is 1.34. The van der Waals surface area contributed by atoms with Gasteiger partial charge in [0.1, 0.15) is 11.3 Å². The summed E-state index contributed by atoms with van der Waals surface area (Å²) in [4.78, 5) is 32.5. The second kappa shape index (κ2) is 8.49. The fraction of sp³-hybridized carbons (Fsp3) is 0.385. The van der Waals surface area contributed by atoms with E-state index in [1.165, 1.54) is 0 Å². The number of nitrogens with one attached hydrogen (secondary N) is 3. The van der Waals surface area contributed by atoms with Gasteiger partial charge in [-0.05, 0) is 51.3 Å². The molecule has 4 aromatic rings. The molecule has 9 nitrogen and oxygen atoms in total. The number of amides is 2. The summed E-state index contributed by atoms with van der Waals surface area (Å²) in [7, 11) is 0. The Kier molecular flexibility index (Phi) is 5.29. The number of carbonyl (C=O) groups is 1. The van der Waals surface area contributed by atoms with Crippen LogP contribution in [0.1, 0.15) is 44.0 Å². The van der Waals surface area contributed by atoms with E-state index in [2.05, 4.69) is 20.6 Å². The molecule has 3 N–H and O–H groups in total. The van der Waals surface area contributed by atoms with Crippen LogP contribution in [0.25, 0.3) is 21.9 Å². The Labute approximate surface area is 203 Å². The number of benzene rings is 2. The highest BCUT2D eigenvalue weighted by Crippen LogP contribution is 2.40. The summed E-state index contributed by atoms with van der Waals surface area (Å²) >= 11 is 0. The van der Waals surface area contributed by atoms with Crippen molar-refractivity contribution in [3.05, 3.63) is 47.9 Å². The monoisotopic (exact) mass is 471 g/mol. The molecule has 0 radical (unpaired) electrons. The number of nitrogens with zero attached hydrogens (tertiary/aromatic N) is 4. The lowest BCUT2D eigenvalue weighted by atomic mass is 10.1. The first-order valence-corrected chi connectivity index (χ1v) is 12.2. The molecule has 0 bridgehead atoms. The fourth-order valence-electron chi connectivity index (χ4n) is 4.79. The number of aromatic nitrogens is 4. The number of aryl methyl sites for hydroxylation is 1. The Morgan fingerprint density at radius 1 is 1.11 bits per heavy atom. The zero-order chi connectivity index (χ0) is 24.1. The zero-order valence-corrected chi connectivity index (χ0v) is 20.1. The van der Waals surface area contributed by atoms with Gasteiger partial charge >= 0.3 is 6.03 Å². The van der Waals surface area contributed by atoms with E-state index in [0.29, 0.717) is 30.6 Å². The van der Waals surface area contributed by atoms with Crippen molar-refractivity contribution in [2.75, 3.05) is 23.7 Å². The first-order chi connectivity index (χ1) is 16.9. The number of hydrogen-bond acceptors (Lipinski definition) is 6. The van der Waals surface area contributed by atoms with Gasteiger partial charge in [-0.3, -0.25) is 0 Å². The summed E-state index contributed by atoms with van der Waals surface area (Å²) in [6.45, 7) is 7.11. The van der Waals surface area contributed by atoms with E-state index in [0.717, 1.165) is 51.9 Å². The summed E-state index contributed by atoms with van der Waals surface area (Å²) in [5.74, 6) is 1.94. The van der Waals surface area contributed by atoms with Crippen molar-refractivity contribution in [2.45, 2.75) is 51.7 Å². The highest BCUT2D eigenvalue weighted by molar-refractivity contribution is 6.01. The molecule has 180 valence electrons. The summed E-state index contributed by atoms with van der Waals surface area (Å²) in [6, 6.07) is 9.78. The largest absolute Gasteiger partial charge is 0.372 e. The standard InChI is InChI=1S/C26H29N7O2/c1-14-5-4-6-18-11-27-25(32-22(14)18)28-19-9-20-23(31-24(29-20)17-7-8-17)21(10-19)30-26(34)33-12-15(2)35-16(3)13-33/h4-6,9-11,15-17H,7-8,12-13H2,1-3H3,(H,29,31)(H,30,34)(H,27,28,32). The van der Waals surface area contributed by atoms with E-state index in [9.17, 15) is 4.79 Å². The molecule has 1 aliphatic carbocycles. The quantitative estimate of drug-likeness (QED) is 0.383. The van der Waals surface area contributed by atoms with Crippen molar-refractivity contribution in [1.29, 1.82) is 0 Å². The molecule has 0 spiro atoms. The molecule has 2 aromatic carbocycles. The molecule has 9 heteroatoms. The maximum atomic E-state index is 13.2. The van der Waals surface area contributed by atoms with E-state index >= 15 is 0 Å². The summed E-state index contributed by atoms with van der Waals surface area (Å²) in [5.41, 5.74) is 5.06. The molecule has 35 heavy (non-hydrogen) atoms. The highest BCUT2D eigenvalue weighted by atomic mass is 16.5. The van der Waals surface area contributed by atoms with Crippen molar-refractivity contribution in [3.63, 3.8) is 0 Å². The minimum absolute atomic E-state index is 0.00196. The molecule has 2 atom stereocenters. The van der Waals surface area contributed by atoms with E-state index in [1.807, 2.05) is 57.3 Å². The predicted molar refractivity (Wildman–Crippen MR) is 136 cm³/mol. The Morgan fingerprint density at radius 3 is 2.69 bits per heavy atom. The molecule has 1 aliphatic heterocycles. The number of anilines is 3. The van der Waals surface area contributed by atoms with Crippen LogP contribution >= 0.6 is 0 Å². The van der Waals surface area contributed by atoms with Crippen molar-refractivity contribution < 1.29 is 9.53 Å². The van der Waals surface area contributed by atoms with Gasteiger partial charge in [0.2, 0.25) is 5.95 Å². The number of rotatable bonds is 4. The lowest BCUT2D eigenvalue weighted by Gasteiger charge is -2.35. The van der Waals surface area contributed by atoms with Crippen LogP contribution in [0, 0.1) is 6.92 Å². The van der Waals surface area contributed by atoms with Gasteiger partial charge in [-0.25, -0.2) is 19.7 Å². The van der Waals surface area contributed by atoms with Gasteiger partial charge < -0.3 is 25.3 Å². The third-order valence-electron chi connectivity index (χ3n) is 6.59. The molecule has 3 heterocycles. The van der Waals surface area contributed by atoms with Gasteiger partial charge in [-0.15, -0.1) is 0 Å². The number of ether oxygens (including phenoxy) is 1. The van der Waals surface area contributed by atoms with Crippen LogP contribution in [0.5, 0.6) is 0 Å². The molecule has 2 aromatic heterocycles. The SMILES string of the molecule is Cc1cccc2cnc(Nc3cc(NC(=O)N4CC(C)OC(C)C4)c4nc(C5CC5)[nH]c4c3)nc12. The molecular weight excluding hydrogens is 442 g/mol. The number of H-pyrrole nitrogens is 1. The molecule has 2 fully saturated rings. The van der Waals surface area contributed by atoms with Gasteiger partial charge in [0.05, 0.1) is 28.9 Å². The van der Waals surface area contributed by atoms with Gasteiger partial charge in [-0.2, -0.15) is 0 Å². The fourth-order valence-corrected chi connectivity index (χ4v) is 4.79. The number of hydrogen-bond donors (Lipinski definition) is 3. The van der Waals surface area contributed by atoms with Gasteiger partial charge in [0.15, 0.2) is 0 Å². The smallest absolute Gasteiger partial charge is 0.322 e. The van der Waals surface area contributed by atoms with Crippen LogP contribution in [-0.4, -0.2) is 56.2 Å². The molecule has 2 amide bonds. The normalized spacial score (nSPS) is 20.4. The Hall–Kier alpha value is -3.72. The first-order valence-electron chi connectivity index (χ1n) is 12.2. The van der Waals surface area contributed by atoms with Gasteiger partial charge in [0.25, 0.3) is 0 Å². The predicted octanol–water partition coefficient (Wildman–Crippen LogP) is 5.08. The highest BCUT2D eigenvalue weighted by Gasteiger charge is 2.29. The van der Waals surface area contributed by atoms with E-state index in [4.69, 9.17) is 14.7 Å². The number of carbonyl (C=O) groups excluding carboxylic acids is 1. The van der Waals surface area contributed by atoms with E-state index < -0.39 is 0 Å². The topological polar surface area (TPSA) is 108 Å². The molecule has 1 saturated carbocycles. The van der Waals surface area contributed by atoms with Crippen LogP contribution < -0.4 is 10.6 Å². The van der Waals surface area contributed by atoms with Crippen LogP contribution in [0.2, 0.25) is 0 Å². The van der Waals surface area contributed by atoms with Crippen molar-refractivity contribution in [2.24, 2.45) is 0 Å². The lowest BCUT2D eigenvalue weighted by Crippen LogP contribution is -2.49. The Morgan fingerprint density at radius 2 is 1.91 bits per heavy atom. The molecule has 2 aliphatic rings. The van der Waals surface area contributed by atoms with Crippen LogP contribution in [0.3, 0.4) is 0 Å². The maximum absolute atomic E-state index is 13.2. The summed E-state index contributed by atoms with van der Waals surface area (Å²) < 4.78 is 5.79. The maximum Gasteiger partial charge on any atom is 0.322 e. The second-order valence-corrected chi connectivity index (χ2v) is 9.74. The van der Waals surface area contributed by atoms with Crippen LogP contribution in [0.15, 0.2) is 36.5 Å². The van der Waals surface area contributed by atoms with Gasteiger partial charge in [0, 0.05) is 36.3 Å². The van der Waals surface area contributed by atoms with Crippen molar-refractivity contribution in [3.8, 4) is 0 Å². The van der Waals surface area contributed by atoms with Crippen molar-refractivity contribution >= 4 is 45.3 Å². The third-order valence-corrected chi connectivity index (χ3v) is 6.59. The number of aromatic amines is 1. The third kappa shape index (κ3) is 4.39. The van der Waals surface area contributed by atoms with Gasteiger partial charge in [-0.1, -0.05) is 18.2 Å². The minimum atomic E-state index is -0.154. The number of para-hydroxylation sites is 1. The Bertz CT molecular complexity index is 1420. The number of imidazole rings is 1. The van der Waals surface area contributed by atoms with Crippen LogP contribution in [-0.2, 0) is 4.74 Å². The summed E-state index contributed by atoms with van der Waals surface area (Å²) in [5, 5.41) is 7.42. The van der Waals surface area contributed by atoms with Crippen LogP contribution in [0.4, 0.5) is 22.1 Å². The summed E-state index contributed by atoms with van der Waals surface area (Å²) in [6.07, 6.45) is 4.10. The molecule has 6 rings (SSSR count). The average molecular weight is 472 g/mol. The number of fused-ring (bicyclic) bond motifs is 2. The number of morpholine rings is 1. The zero-order valence-electron chi connectivity index (χ0n) is 20.1. The molecular formula is C26H29N7O2. The second-order valence-electron chi connectivity index (χ2n) is 9.74. The number of urea groups is 1. The lowest BCUT2D eigenvalue weighted by molar-refractivity contribution is -0.0530. The van der Waals surface area contributed by atoms with Crippen molar-refractivity contribution in [1.82, 2.24) is 24.8 Å². The molecule has 1 saturated heterocycles. The average Bonchev–Trinajstić information content (AvgIpc) is 3.58. The van der Waals surface area contributed by atoms with E-state index in [1.54, 1.807) is 4.90 Å². The van der Waals surface area contributed by atoms with E-state index in [-0.39, 0.29) is 18.2 Å².